The predicted molar refractivity (Wildman–Crippen MR) is 82.4 cm³/mol. The number of fused-ring (bicyclic) bond motifs is 1. The summed E-state index contributed by atoms with van der Waals surface area (Å²) in [4.78, 5) is 0.250. The average molecular weight is 313 g/mol. The van der Waals surface area contributed by atoms with Crippen LogP contribution >= 0.6 is 11.6 Å². The van der Waals surface area contributed by atoms with E-state index in [0.717, 1.165) is 5.39 Å². The van der Waals surface area contributed by atoms with E-state index in [1.165, 1.54) is 11.4 Å². The number of rotatable bonds is 4. The van der Waals surface area contributed by atoms with Crippen molar-refractivity contribution >= 4 is 32.4 Å². The highest BCUT2D eigenvalue weighted by molar-refractivity contribution is 7.89. The zero-order chi connectivity index (χ0) is 14.9. The summed E-state index contributed by atoms with van der Waals surface area (Å²) in [6.45, 7) is 2.04. The molecule has 2 N–H and O–H groups in total. The molecular weight excluding hydrogens is 296 g/mol. The topological polar surface area (TPSA) is 63.4 Å². The maximum Gasteiger partial charge on any atom is 0.243 e. The molecule has 0 fully saturated rings. The monoisotopic (exact) mass is 312 g/mol. The first kappa shape index (κ1) is 15.3. The van der Waals surface area contributed by atoms with E-state index in [2.05, 4.69) is 0 Å². The summed E-state index contributed by atoms with van der Waals surface area (Å²) >= 11 is 6.12. The smallest absolute Gasteiger partial charge is 0.243 e. The van der Waals surface area contributed by atoms with Gasteiger partial charge in [0, 0.05) is 35.4 Å². The molecule has 2 rings (SSSR count). The molecule has 1 atom stereocenters. The van der Waals surface area contributed by atoms with Gasteiger partial charge in [-0.15, -0.1) is 0 Å². The van der Waals surface area contributed by atoms with Crippen LogP contribution in [-0.4, -0.2) is 32.4 Å². The number of benzene rings is 2. The predicted octanol–water partition coefficient (Wildman–Crippen LogP) is 2.46. The Hall–Kier alpha value is -1.14. The molecule has 0 aliphatic carbocycles. The lowest BCUT2D eigenvalue weighted by Gasteiger charge is -2.23. The van der Waals surface area contributed by atoms with Gasteiger partial charge in [-0.1, -0.05) is 35.9 Å². The van der Waals surface area contributed by atoms with Gasteiger partial charge in [0.25, 0.3) is 0 Å². The van der Waals surface area contributed by atoms with Crippen LogP contribution in [0.5, 0.6) is 0 Å². The van der Waals surface area contributed by atoms with Crippen molar-refractivity contribution in [3.8, 4) is 0 Å². The van der Waals surface area contributed by atoms with Crippen molar-refractivity contribution in [3.63, 3.8) is 0 Å². The van der Waals surface area contributed by atoms with Crippen LogP contribution in [0.3, 0.4) is 0 Å². The summed E-state index contributed by atoms with van der Waals surface area (Å²) in [6.07, 6.45) is 0. The van der Waals surface area contributed by atoms with Crippen molar-refractivity contribution in [2.75, 3.05) is 13.6 Å². The molecule has 0 bridgehead atoms. The molecule has 0 radical (unpaired) electrons. The van der Waals surface area contributed by atoms with Gasteiger partial charge in [-0.05, 0) is 19.1 Å². The second kappa shape index (κ2) is 5.69. The van der Waals surface area contributed by atoms with Crippen LogP contribution < -0.4 is 5.73 Å². The van der Waals surface area contributed by atoms with Gasteiger partial charge in [0.05, 0.1) is 4.90 Å². The molecule has 0 saturated heterocycles. The number of hydrogen-bond donors (Lipinski definition) is 1. The number of likely N-dealkylation sites (N-methyl/N-ethyl adjacent to an activating group) is 1. The highest BCUT2D eigenvalue weighted by Gasteiger charge is 2.26. The molecule has 2 aromatic rings. The minimum atomic E-state index is -3.60. The van der Waals surface area contributed by atoms with Crippen molar-refractivity contribution in [2.24, 2.45) is 5.73 Å². The van der Waals surface area contributed by atoms with Crippen LogP contribution in [0.15, 0.2) is 41.3 Å². The molecule has 2 aromatic carbocycles. The molecule has 0 saturated carbocycles. The van der Waals surface area contributed by atoms with Crippen molar-refractivity contribution < 1.29 is 8.42 Å². The summed E-state index contributed by atoms with van der Waals surface area (Å²) < 4.78 is 26.7. The summed E-state index contributed by atoms with van der Waals surface area (Å²) in [7, 11) is -2.06. The number of sulfonamides is 1. The van der Waals surface area contributed by atoms with E-state index in [1.54, 1.807) is 31.2 Å². The molecule has 0 spiro atoms. The Morgan fingerprint density at radius 2 is 1.80 bits per heavy atom. The Morgan fingerprint density at radius 3 is 2.40 bits per heavy atom. The lowest BCUT2D eigenvalue weighted by Crippen LogP contribution is -2.39. The van der Waals surface area contributed by atoms with Crippen LogP contribution in [0, 0.1) is 0 Å². The molecular formula is C14H17ClN2O2S. The molecule has 0 aromatic heterocycles. The number of halogens is 1. The molecule has 0 aliphatic rings. The summed E-state index contributed by atoms with van der Waals surface area (Å²) in [5.41, 5.74) is 5.56. The van der Waals surface area contributed by atoms with Crippen LogP contribution in [0.4, 0.5) is 0 Å². The summed E-state index contributed by atoms with van der Waals surface area (Å²) in [5, 5.41) is 1.88. The maximum absolute atomic E-state index is 12.7. The van der Waals surface area contributed by atoms with E-state index in [0.29, 0.717) is 10.4 Å². The first-order valence-electron chi connectivity index (χ1n) is 6.25. The first-order chi connectivity index (χ1) is 9.39. The normalized spacial score (nSPS) is 13.8. The molecule has 108 valence electrons. The van der Waals surface area contributed by atoms with Crippen molar-refractivity contribution in [1.82, 2.24) is 4.31 Å². The Morgan fingerprint density at radius 1 is 1.20 bits per heavy atom. The molecule has 4 nitrogen and oxygen atoms in total. The minimum absolute atomic E-state index is 0.250. The van der Waals surface area contributed by atoms with Gasteiger partial charge in [-0.2, -0.15) is 4.31 Å². The van der Waals surface area contributed by atoms with E-state index in [-0.39, 0.29) is 17.5 Å². The van der Waals surface area contributed by atoms with Gasteiger partial charge >= 0.3 is 0 Å². The fourth-order valence-electron chi connectivity index (χ4n) is 2.00. The van der Waals surface area contributed by atoms with Gasteiger partial charge in [0.2, 0.25) is 10.0 Å². The van der Waals surface area contributed by atoms with Crippen LogP contribution in [-0.2, 0) is 10.0 Å². The highest BCUT2D eigenvalue weighted by Crippen LogP contribution is 2.30. The van der Waals surface area contributed by atoms with E-state index in [4.69, 9.17) is 17.3 Å². The Labute approximate surface area is 124 Å². The van der Waals surface area contributed by atoms with Gasteiger partial charge in [0.15, 0.2) is 0 Å². The first-order valence-corrected chi connectivity index (χ1v) is 8.06. The molecule has 0 amide bonds. The van der Waals surface area contributed by atoms with Crippen molar-refractivity contribution in [3.05, 3.63) is 41.4 Å². The molecule has 1 unspecified atom stereocenters. The van der Waals surface area contributed by atoms with Crippen molar-refractivity contribution in [1.29, 1.82) is 0 Å². The second-order valence-electron chi connectivity index (χ2n) is 4.70. The van der Waals surface area contributed by atoms with Gasteiger partial charge in [0.1, 0.15) is 0 Å². The SMILES string of the molecule is CC(CN)N(C)S(=O)(=O)c1ccc(Cl)c2ccccc12. The molecule has 20 heavy (non-hydrogen) atoms. The number of nitrogens with zero attached hydrogens (tertiary/aromatic N) is 1. The standard InChI is InChI=1S/C14H17ClN2O2S/c1-10(9-16)17(2)20(18,19)14-8-7-13(15)11-5-3-4-6-12(11)14/h3-8,10H,9,16H2,1-2H3. The lowest BCUT2D eigenvalue weighted by molar-refractivity contribution is 0.395. The fourth-order valence-corrected chi connectivity index (χ4v) is 3.79. The summed E-state index contributed by atoms with van der Waals surface area (Å²) in [5.74, 6) is 0. The quantitative estimate of drug-likeness (QED) is 0.943. The highest BCUT2D eigenvalue weighted by atomic mass is 35.5. The van der Waals surface area contributed by atoms with Crippen molar-refractivity contribution in [2.45, 2.75) is 17.9 Å². The van der Waals surface area contributed by atoms with Crippen LogP contribution in [0.25, 0.3) is 10.8 Å². The van der Waals surface area contributed by atoms with Crippen LogP contribution in [0.1, 0.15) is 6.92 Å². The zero-order valence-electron chi connectivity index (χ0n) is 11.4. The van der Waals surface area contributed by atoms with Gasteiger partial charge in [-0.3, -0.25) is 0 Å². The second-order valence-corrected chi connectivity index (χ2v) is 7.07. The molecule has 6 heteroatoms. The summed E-state index contributed by atoms with van der Waals surface area (Å²) in [6, 6.07) is 10.1. The van der Waals surface area contributed by atoms with E-state index >= 15 is 0 Å². The largest absolute Gasteiger partial charge is 0.329 e. The fraction of sp³-hybridized carbons (Fsp3) is 0.286. The Bertz CT molecular complexity index is 731. The number of nitrogens with two attached hydrogens (primary N) is 1. The van der Waals surface area contributed by atoms with Gasteiger partial charge in [-0.25, -0.2) is 8.42 Å². The number of hydrogen-bond acceptors (Lipinski definition) is 3. The molecule has 0 heterocycles. The lowest BCUT2D eigenvalue weighted by atomic mass is 10.1. The minimum Gasteiger partial charge on any atom is -0.329 e. The third-order valence-electron chi connectivity index (χ3n) is 3.45. The average Bonchev–Trinajstić information content (AvgIpc) is 2.46. The van der Waals surface area contributed by atoms with E-state index < -0.39 is 10.0 Å². The Kier molecular flexibility index (Phi) is 4.34. The third kappa shape index (κ3) is 2.54. The van der Waals surface area contributed by atoms with Crippen LogP contribution in [0.2, 0.25) is 5.02 Å². The maximum atomic E-state index is 12.7. The molecule has 0 aliphatic heterocycles. The zero-order valence-corrected chi connectivity index (χ0v) is 12.9. The van der Waals surface area contributed by atoms with E-state index in [9.17, 15) is 8.42 Å². The third-order valence-corrected chi connectivity index (χ3v) is 5.81. The Balaban J connectivity index is 2.67. The van der Waals surface area contributed by atoms with E-state index in [1.807, 2.05) is 12.1 Å². The van der Waals surface area contributed by atoms with Gasteiger partial charge < -0.3 is 5.73 Å².